The van der Waals surface area contributed by atoms with Gasteiger partial charge in [0.2, 0.25) is 0 Å². The summed E-state index contributed by atoms with van der Waals surface area (Å²) in [7, 11) is 1.60. The summed E-state index contributed by atoms with van der Waals surface area (Å²) in [4.78, 5) is 22.9. The SMILES string of the molecule is COc1ccc(C(C)(C)C)cc1C1CC(=O)OC(=O)C1. The molecular formula is C16H20O4. The third-order valence-corrected chi connectivity index (χ3v) is 3.59. The standard InChI is InChI=1S/C16H20O4/c1-16(2,3)11-5-6-13(19-4)12(9-11)10-7-14(17)20-15(18)8-10/h5-6,9-10H,7-8H2,1-4H3. The zero-order chi connectivity index (χ0) is 14.9. The first-order valence-electron chi connectivity index (χ1n) is 6.73. The van der Waals surface area contributed by atoms with Crippen LogP contribution >= 0.6 is 0 Å². The van der Waals surface area contributed by atoms with Gasteiger partial charge in [0, 0.05) is 5.92 Å². The molecule has 4 heteroatoms. The largest absolute Gasteiger partial charge is 0.496 e. The molecule has 0 unspecified atom stereocenters. The summed E-state index contributed by atoms with van der Waals surface area (Å²) in [6, 6.07) is 5.96. The number of cyclic esters (lactones) is 2. The first kappa shape index (κ1) is 14.6. The number of carbonyl (C=O) groups is 2. The highest BCUT2D eigenvalue weighted by molar-refractivity contribution is 5.89. The zero-order valence-corrected chi connectivity index (χ0v) is 12.4. The van der Waals surface area contributed by atoms with Crippen LogP contribution in [-0.4, -0.2) is 19.0 Å². The van der Waals surface area contributed by atoms with E-state index in [4.69, 9.17) is 4.74 Å². The van der Waals surface area contributed by atoms with Crippen LogP contribution in [-0.2, 0) is 19.7 Å². The molecule has 0 radical (unpaired) electrons. The van der Waals surface area contributed by atoms with E-state index in [0.29, 0.717) is 5.75 Å². The van der Waals surface area contributed by atoms with Crippen LogP contribution in [0.3, 0.4) is 0 Å². The predicted octanol–water partition coefficient (Wildman–Crippen LogP) is 2.94. The summed E-state index contributed by atoms with van der Waals surface area (Å²) in [5.41, 5.74) is 2.06. The van der Waals surface area contributed by atoms with Gasteiger partial charge in [-0.25, -0.2) is 0 Å². The minimum Gasteiger partial charge on any atom is -0.496 e. The number of carbonyl (C=O) groups excluding carboxylic acids is 2. The molecule has 0 N–H and O–H groups in total. The molecule has 2 rings (SSSR count). The highest BCUT2D eigenvalue weighted by Crippen LogP contribution is 2.37. The summed E-state index contributed by atoms with van der Waals surface area (Å²) in [5, 5.41) is 0. The fourth-order valence-corrected chi connectivity index (χ4v) is 2.42. The Morgan fingerprint density at radius 3 is 2.25 bits per heavy atom. The number of benzene rings is 1. The molecule has 1 aromatic carbocycles. The van der Waals surface area contributed by atoms with Crippen molar-refractivity contribution >= 4 is 11.9 Å². The molecule has 108 valence electrons. The first-order chi connectivity index (χ1) is 9.31. The van der Waals surface area contributed by atoms with Crippen molar-refractivity contribution in [3.05, 3.63) is 29.3 Å². The predicted molar refractivity (Wildman–Crippen MR) is 74.8 cm³/mol. The lowest BCUT2D eigenvalue weighted by molar-refractivity contribution is -0.163. The third kappa shape index (κ3) is 3.00. The Hall–Kier alpha value is -1.84. The van der Waals surface area contributed by atoms with E-state index in [1.54, 1.807) is 7.11 Å². The maximum atomic E-state index is 11.5. The van der Waals surface area contributed by atoms with Crippen LogP contribution in [0.5, 0.6) is 5.75 Å². The molecule has 1 aliphatic heterocycles. The average molecular weight is 276 g/mol. The van der Waals surface area contributed by atoms with Gasteiger partial charge in [-0.15, -0.1) is 0 Å². The van der Waals surface area contributed by atoms with Crippen LogP contribution in [0.1, 0.15) is 50.7 Å². The van der Waals surface area contributed by atoms with Crippen molar-refractivity contribution in [2.75, 3.05) is 7.11 Å². The number of hydrogen-bond donors (Lipinski definition) is 0. The molecule has 1 heterocycles. The monoisotopic (exact) mass is 276 g/mol. The molecule has 1 saturated heterocycles. The fourth-order valence-electron chi connectivity index (χ4n) is 2.42. The Labute approximate surface area is 119 Å². The van der Waals surface area contributed by atoms with Gasteiger partial charge < -0.3 is 9.47 Å². The normalized spacial score (nSPS) is 17.0. The Balaban J connectivity index is 2.42. The molecule has 0 spiro atoms. The van der Waals surface area contributed by atoms with Gasteiger partial charge in [-0.05, 0) is 22.6 Å². The van der Waals surface area contributed by atoms with Crippen molar-refractivity contribution in [3.63, 3.8) is 0 Å². The fraction of sp³-hybridized carbons (Fsp3) is 0.500. The summed E-state index contributed by atoms with van der Waals surface area (Å²) < 4.78 is 9.96. The van der Waals surface area contributed by atoms with Gasteiger partial charge in [-0.3, -0.25) is 9.59 Å². The Bertz CT molecular complexity index is 524. The summed E-state index contributed by atoms with van der Waals surface area (Å²) >= 11 is 0. The van der Waals surface area contributed by atoms with Crippen molar-refractivity contribution in [2.24, 2.45) is 0 Å². The van der Waals surface area contributed by atoms with Gasteiger partial charge in [0.05, 0.1) is 20.0 Å². The van der Waals surface area contributed by atoms with Crippen molar-refractivity contribution in [3.8, 4) is 5.75 Å². The lowest BCUT2D eigenvalue weighted by Gasteiger charge is -2.25. The molecule has 0 amide bonds. The molecule has 20 heavy (non-hydrogen) atoms. The number of methoxy groups -OCH3 is 1. The van der Waals surface area contributed by atoms with Gasteiger partial charge in [0.15, 0.2) is 0 Å². The third-order valence-electron chi connectivity index (χ3n) is 3.59. The average Bonchev–Trinajstić information content (AvgIpc) is 2.35. The van der Waals surface area contributed by atoms with Crippen LogP contribution in [0.15, 0.2) is 18.2 Å². The minimum atomic E-state index is -0.463. The van der Waals surface area contributed by atoms with E-state index < -0.39 is 11.9 Å². The number of ether oxygens (including phenoxy) is 2. The highest BCUT2D eigenvalue weighted by atomic mass is 16.6. The molecule has 1 fully saturated rings. The zero-order valence-electron chi connectivity index (χ0n) is 12.4. The molecule has 4 nitrogen and oxygen atoms in total. The molecule has 0 bridgehead atoms. The van der Waals surface area contributed by atoms with E-state index in [1.807, 2.05) is 18.2 Å². The Morgan fingerprint density at radius 1 is 1.15 bits per heavy atom. The van der Waals surface area contributed by atoms with Crippen LogP contribution in [0.25, 0.3) is 0 Å². The van der Waals surface area contributed by atoms with Crippen LogP contribution in [0, 0.1) is 0 Å². The second-order valence-corrected chi connectivity index (χ2v) is 6.16. The van der Waals surface area contributed by atoms with Crippen LogP contribution in [0.2, 0.25) is 0 Å². The smallest absolute Gasteiger partial charge is 0.314 e. The second kappa shape index (κ2) is 5.27. The summed E-state index contributed by atoms with van der Waals surface area (Å²) in [6.07, 6.45) is 0.436. The molecular weight excluding hydrogens is 256 g/mol. The molecule has 1 aliphatic rings. The quantitative estimate of drug-likeness (QED) is 0.615. The van der Waals surface area contributed by atoms with E-state index >= 15 is 0 Å². The topological polar surface area (TPSA) is 52.6 Å². The summed E-state index contributed by atoms with van der Waals surface area (Å²) in [5.74, 6) is -0.379. The van der Waals surface area contributed by atoms with Gasteiger partial charge in [0.25, 0.3) is 0 Å². The molecule has 1 aromatic rings. The van der Waals surface area contributed by atoms with Crippen LogP contribution in [0.4, 0.5) is 0 Å². The summed E-state index contributed by atoms with van der Waals surface area (Å²) in [6.45, 7) is 6.37. The highest BCUT2D eigenvalue weighted by Gasteiger charge is 2.31. The van der Waals surface area contributed by atoms with Gasteiger partial charge in [-0.2, -0.15) is 0 Å². The molecule has 0 atom stereocenters. The number of esters is 2. The van der Waals surface area contributed by atoms with Crippen molar-refractivity contribution in [1.82, 2.24) is 0 Å². The number of rotatable bonds is 2. The van der Waals surface area contributed by atoms with E-state index in [9.17, 15) is 9.59 Å². The lowest BCUT2D eigenvalue weighted by atomic mass is 9.82. The molecule has 0 saturated carbocycles. The Kier molecular flexibility index (Phi) is 3.84. The maximum Gasteiger partial charge on any atom is 0.314 e. The second-order valence-electron chi connectivity index (χ2n) is 6.16. The van der Waals surface area contributed by atoms with Gasteiger partial charge in [0.1, 0.15) is 5.75 Å². The van der Waals surface area contributed by atoms with E-state index in [-0.39, 0.29) is 24.2 Å². The van der Waals surface area contributed by atoms with Gasteiger partial charge in [-0.1, -0.05) is 32.9 Å². The minimum absolute atomic E-state index is 0.000204. The van der Waals surface area contributed by atoms with E-state index in [2.05, 4.69) is 25.5 Å². The van der Waals surface area contributed by atoms with Crippen molar-refractivity contribution in [1.29, 1.82) is 0 Å². The van der Waals surface area contributed by atoms with E-state index in [0.717, 1.165) is 11.1 Å². The number of hydrogen-bond acceptors (Lipinski definition) is 4. The van der Waals surface area contributed by atoms with E-state index in [1.165, 1.54) is 0 Å². The molecule has 0 aromatic heterocycles. The molecule has 0 aliphatic carbocycles. The lowest BCUT2D eigenvalue weighted by Crippen LogP contribution is -2.25. The van der Waals surface area contributed by atoms with Crippen LogP contribution < -0.4 is 4.74 Å². The Morgan fingerprint density at radius 2 is 1.75 bits per heavy atom. The van der Waals surface area contributed by atoms with Crippen molar-refractivity contribution < 1.29 is 19.1 Å². The van der Waals surface area contributed by atoms with Gasteiger partial charge >= 0.3 is 11.9 Å². The van der Waals surface area contributed by atoms with Crippen molar-refractivity contribution in [2.45, 2.75) is 44.9 Å². The first-order valence-corrected chi connectivity index (χ1v) is 6.73. The maximum absolute atomic E-state index is 11.5.